The molecule has 1 N–H and O–H groups in total. The van der Waals surface area contributed by atoms with E-state index < -0.39 is 0 Å². The first-order valence-corrected chi connectivity index (χ1v) is 8.27. The van der Waals surface area contributed by atoms with Crippen LogP contribution < -0.4 is 5.32 Å². The molecule has 0 spiro atoms. The largest absolute Gasteiger partial charge is 0.316 e. The summed E-state index contributed by atoms with van der Waals surface area (Å²) in [4.78, 5) is 1.40. The van der Waals surface area contributed by atoms with Gasteiger partial charge in [0.15, 0.2) is 0 Å². The SMILES string of the molecule is CNC1CCC(C(C)(C)C)CC1Sc1ccccc1. The van der Waals surface area contributed by atoms with Crippen LogP contribution in [0.3, 0.4) is 0 Å². The monoisotopic (exact) mass is 277 g/mol. The van der Waals surface area contributed by atoms with Gasteiger partial charge in [-0.1, -0.05) is 39.0 Å². The Kier molecular flexibility index (Phi) is 4.97. The molecule has 0 amide bonds. The number of nitrogens with one attached hydrogen (secondary N) is 1. The van der Waals surface area contributed by atoms with E-state index in [9.17, 15) is 0 Å². The quantitative estimate of drug-likeness (QED) is 0.868. The summed E-state index contributed by atoms with van der Waals surface area (Å²) < 4.78 is 0. The van der Waals surface area contributed by atoms with Crippen LogP contribution in [0.1, 0.15) is 40.0 Å². The molecule has 1 aromatic rings. The van der Waals surface area contributed by atoms with Gasteiger partial charge in [-0.25, -0.2) is 0 Å². The van der Waals surface area contributed by atoms with Crippen molar-refractivity contribution >= 4 is 11.8 Å². The lowest BCUT2D eigenvalue weighted by atomic mass is 9.71. The number of hydrogen-bond acceptors (Lipinski definition) is 2. The molecule has 1 nitrogen and oxygen atoms in total. The van der Waals surface area contributed by atoms with Crippen molar-refractivity contribution in [3.8, 4) is 0 Å². The van der Waals surface area contributed by atoms with Gasteiger partial charge >= 0.3 is 0 Å². The zero-order valence-electron chi connectivity index (χ0n) is 12.6. The molecular formula is C17H27NS. The summed E-state index contributed by atoms with van der Waals surface area (Å²) >= 11 is 2.05. The van der Waals surface area contributed by atoms with Gasteiger partial charge in [0, 0.05) is 16.2 Å². The molecule has 19 heavy (non-hydrogen) atoms. The minimum Gasteiger partial charge on any atom is -0.316 e. The van der Waals surface area contributed by atoms with Crippen LogP contribution in [0.15, 0.2) is 35.2 Å². The molecule has 0 bridgehead atoms. The zero-order chi connectivity index (χ0) is 13.9. The van der Waals surface area contributed by atoms with Crippen LogP contribution in [0, 0.1) is 11.3 Å². The van der Waals surface area contributed by atoms with Crippen molar-refractivity contribution in [2.75, 3.05) is 7.05 Å². The minimum atomic E-state index is 0.439. The van der Waals surface area contributed by atoms with Gasteiger partial charge < -0.3 is 5.32 Å². The molecule has 0 saturated heterocycles. The van der Waals surface area contributed by atoms with E-state index in [1.54, 1.807) is 0 Å². The standard InChI is InChI=1S/C17H27NS/c1-17(2,3)13-10-11-15(18-4)16(12-13)19-14-8-6-5-7-9-14/h5-9,13,15-16,18H,10-12H2,1-4H3. The number of thioether (sulfide) groups is 1. The molecule has 0 aromatic heterocycles. The third kappa shape index (κ3) is 4.00. The second kappa shape index (κ2) is 6.32. The Bertz CT molecular complexity index is 382. The third-order valence-electron chi connectivity index (χ3n) is 4.42. The topological polar surface area (TPSA) is 12.0 Å². The fourth-order valence-electron chi connectivity index (χ4n) is 3.05. The summed E-state index contributed by atoms with van der Waals surface area (Å²) in [5.41, 5.74) is 0.439. The maximum absolute atomic E-state index is 3.53. The van der Waals surface area contributed by atoms with Crippen LogP contribution in [0.5, 0.6) is 0 Å². The lowest BCUT2D eigenvalue weighted by Crippen LogP contribution is -2.43. The summed E-state index contributed by atoms with van der Waals surface area (Å²) in [6.07, 6.45) is 4.00. The minimum absolute atomic E-state index is 0.439. The van der Waals surface area contributed by atoms with E-state index in [1.807, 2.05) is 0 Å². The summed E-state index contributed by atoms with van der Waals surface area (Å²) in [7, 11) is 2.11. The van der Waals surface area contributed by atoms with E-state index in [0.29, 0.717) is 16.7 Å². The van der Waals surface area contributed by atoms with Crippen molar-refractivity contribution in [2.24, 2.45) is 11.3 Å². The molecule has 0 radical (unpaired) electrons. The molecule has 1 fully saturated rings. The van der Waals surface area contributed by atoms with E-state index in [2.05, 4.69) is 75.2 Å². The van der Waals surface area contributed by atoms with Gasteiger partial charge in [-0.2, -0.15) is 0 Å². The smallest absolute Gasteiger partial charge is 0.0251 e. The second-order valence-electron chi connectivity index (χ2n) is 6.74. The zero-order valence-corrected chi connectivity index (χ0v) is 13.5. The molecule has 2 heteroatoms. The van der Waals surface area contributed by atoms with Gasteiger partial charge in [0.2, 0.25) is 0 Å². The van der Waals surface area contributed by atoms with Gasteiger partial charge in [-0.15, -0.1) is 11.8 Å². The highest BCUT2D eigenvalue weighted by Gasteiger charge is 2.35. The van der Waals surface area contributed by atoms with Crippen LogP contribution in [0.4, 0.5) is 0 Å². The van der Waals surface area contributed by atoms with E-state index in [-0.39, 0.29) is 0 Å². The Hall–Kier alpha value is -0.470. The molecule has 1 aliphatic rings. The fourth-order valence-corrected chi connectivity index (χ4v) is 4.48. The van der Waals surface area contributed by atoms with E-state index >= 15 is 0 Å². The first-order chi connectivity index (χ1) is 9.00. The number of hydrogen-bond donors (Lipinski definition) is 1. The Morgan fingerprint density at radius 1 is 1.11 bits per heavy atom. The number of benzene rings is 1. The highest BCUT2D eigenvalue weighted by Crippen LogP contribution is 2.43. The maximum atomic E-state index is 3.53. The molecule has 0 heterocycles. The highest BCUT2D eigenvalue weighted by molar-refractivity contribution is 8.00. The van der Waals surface area contributed by atoms with Crippen LogP contribution >= 0.6 is 11.8 Å². The van der Waals surface area contributed by atoms with Crippen LogP contribution in [0.2, 0.25) is 0 Å². The van der Waals surface area contributed by atoms with E-state index in [0.717, 1.165) is 5.92 Å². The Morgan fingerprint density at radius 2 is 1.79 bits per heavy atom. The molecule has 3 unspecified atom stereocenters. The van der Waals surface area contributed by atoms with Crippen molar-refractivity contribution in [3.05, 3.63) is 30.3 Å². The predicted octanol–water partition coefficient (Wildman–Crippen LogP) is 4.58. The third-order valence-corrected chi connectivity index (χ3v) is 5.79. The molecular weight excluding hydrogens is 250 g/mol. The van der Waals surface area contributed by atoms with Crippen LogP contribution in [0.25, 0.3) is 0 Å². The Balaban J connectivity index is 2.06. The molecule has 0 aliphatic heterocycles. The van der Waals surface area contributed by atoms with Crippen molar-refractivity contribution in [1.29, 1.82) is 0 Å². The summed E-state index contributed by atoms with van der Waals surface area (Å²) in [6.45, 7) is 7.17. The maximum Gasteiger partial charge on any atom is 0.0251 e. The molecule has 106 valence electrons. The lowest BCUT2D eigenvalue weighted by Gasteiger charge is -2.41. The van der Waals surface area contributed by atoms with Crippen LogP contribution in [-0.4, -0.2) is 18.3 Å². The van der Waals surface area contributed by atoms with Crippen molar-refractivity contribution in [1.82, 2.24) is 5.32 Å². The van der Waals surface area contributed by atoms with Crippen molar-refractivity contribution in [2.45, 2.75) is 56.2 Å². The van der Waals surface area contributed by atoms with Gasteiger partial charge in [0.1, 0.15) is 0 Å². The number of rotatable bonds is 3. The van der Waals surface area contributed by atoms with Gasteiger partial charge in [0.05, 0.1) is 0 Å². The fraction of sp³-hybridized carbons (Fsp3) is 0.647. The first-order valence-electron chi connectivity index (χ1n) is 7.39. The Morgan fingerprint density at radius 3 is 2.37 bits per heavy atom. The summed E-state index contributed by atoms with van der Waals surface area (Å²) in [5.74, 6) is 0.846. The normalized spacial score (nSPS) is 28.3. The van der Waals surface area contributed by atoms with Crippen molar-refractivity contribution in [3.63, 3.8) is 0 Å². The molecule has 1 aromatic carbocycles. The van der Waals surface area contributed by atoms with Gasteiger partial charge in [-0.05, 0) is 49.8 Å². The molecule has 3 atom stereocenters. The lowest BCUT2D eigenvalue weighted by molar-refractivity contribution is 0.167. The summed E-state index contributed by atoms with van der Waals surface area (Å²) in [5, 5.41) is 4.22. The molecule has 2 rings (SSSR count). The molecule has 1 saturated carbocycles. The van der Waals surface area contributed by atoms with E-state index in [1.165, 1.54) is 24.2 Å². The average molecular weight is 277 g/mol. The summed E-state index contributed by atoms with van der Waals surface area (Å²) in [6, 6.07) is 11.5. The highest BCUT2D eigenvalue weighted by atomic mass is 32.2. The van der Waals surface area contributed by atoms with Crippen LogP contribution in [-0.2, 0) is 0 Å². The van der Waals surface area contributed by atoms with Crippen molar-refractivity contribution < 1.29 is 0 Å². The predicted molar refractivity (Wildman–Crippen MR) is 85.7 cm³/mol. The van der Waals surface area contributed by atoms with Gasteiger partial charge in [0.25, 0.3) is 0 Å². The Labute approximate surface area is 122 Å². The van der Waals surface area contributed by atoms with Gasteiger partial charge in [-0.3, -0.25) is 0 Å². The second-order valence-corrected chi connectivity index (χ2v) is 8.05. The average Bonchev–Trinajstić information content (AvgIpc) is 2.39. The molecule has 1 aliphatic carbocycles. The first kappa shape index (κ1) is 14.9. The van der Waals surface area contributed by atoms with E-state index in [4.69, 9.17) is 0 Å².